The predicted octanol–water partition coefficient (Wildman–Crippen LogP) is 1.98. The molecule has 4 rings (SSSR count). The fourth-order valence-electron chi connectivity index (χ4n) is 3.51. The van der Waals surface area contributed by atoms with Crippen molar-refractivity contribution in [1.29, 1.82) is 0 Å². The molecule has 0 spiro atoms. The van der Waals surface area contributed by atoms with Crippen LogP contribution >= 0.6 is 0 Å². The lowest BCUT2D eigenvalue weighted by atomic mass is 10.1. The van der Waals surface area contributed by atoms with Gasteiger partial charge in [-0.3, -0.25) is 14.5 Å². The molecule has 4 amide bonds. The minimum Gasteiger partial charge on any atom is -0.334 e. The van der Waals surface area contributed by atoms with Crippen LogP contribution < -0.4 is 0 Å². The van der Waals surface area contributed by atoms with Crippen molar-refractivity contribution in [3.05, 3.63) is 71.8 Å². The second-order valence-electron chi connectivity index (χ2n) is 6.52. The number of carbonyl (C=O) groups is 3. The zero-order valence-electron chi connectivity index (χ0n) is 14.2. The summed E-state index contributed by atoms with van der Waals surface area (Å²) in [5, 5.41) is 0. The first kappa shape index (κ1) is 16.3. The Balaban J connectivity index is 1.50. The number of urea groups is 1. The summed E-state index contributed by atoms with van der Waals surface area (Å²) in [4.78, 5) is 42.6. The molecule has 1 atom stereocenters. The summed E-state index contributed by atoms with van der Waals surface area (Å²) in [5.41, 5.74) is 1.50. The van der Waals surface area contributed by atoms with Crippen molar-refractivity contribution >= 4 is 17.8 Å². The average Bonchev–Trinajstić information content (AvgIpc) is 2.93. The van der Waals surface area contributed by atoms with E-state index >= 15 is 0 Å². The zero-order chi connectivity index (χ0) is 18.1. The van der Waals surface area contributed by atoms with Gasteiger partial charge < -0.3 is 9.80 Å². The number of hydrogen-bond acceptors (Lipinski definition) is 3. The lowest BCUT2D eigenvalue weighted by Crippen LogP contribution is -2.54. The summed E-state index contributed by atoms with van der Waals surface area (Å²) < 4.78 is 0. The number of rotatable bonds is 3. The van der Waals surface area contributed by atoms with Crippen LogP contribution in [0.2, 0.25) is 0 Å². The number of piperazine rings is 1. The third-order valence-corrected chi connectivity index (χ3v) is 4.90. The largest absolute Gasteiger partial charge is 0.334 e. The van der Waals surface area contributed by atoms with Crippen LogP contribution in [-0.4, -0.2) is 58.2 Å². The summed E-state index contributed by atoms with van der Waals surface area (Å²) in [7, 11) is 0. The predicted molar refractivity (Wildman–Crippen MR) is 95.2 cm³/mol. The summed E-state index contributed by atoms with van der Waals surface area (Å²) in [6, 6.07) is 17.6. The molecule has 6 nitrogen and oxygen atoms in total. The maximum atomic E-state index is 12.8. The van der Waals surface area contributed by atoms with Crippen LogP contribution in [0.1, 0.15) is 15.9 Å². The van der Waals surface area contributed by atoms with E-state index in [1.807, 2.05) is 48.5 Å². The topological polar surface area (TPSA) is 60.9 Å². The lowest BCUT2D eigenvalue weighted by Gasteiger charge is -2.35. The number of nitrogens with zero attached hydrogens (tertiary/aromatic N) is 3. The first-order valence-electron chi connectivity index (χ1n) is 8.65. The highest BCUT2D eigenvalue weighted by Gasteiger charge is 2.48. The highest BCUT2D eigenvalue weighted by atomic mass is 16.2. The zero-order valence-corrected chi connectivity index (χ0v) is 14.2. The van der Waals surface area contributed by atoms with Gasteiger partial charge in [-0.1, -0.05) is 48.5 Å². The Morgan fingerprint density at radius 2 is 1.58 bits per heavy atom. The second-order valence-corrected chi connectivity index (χ2v) is 6.52. The van der Waals surface area contributed by atoms with Crippen LogP contribution in [0, 0.1) is 0 Å². The second kappa shape index (κ2) is 6.63. The molecule has 2 fully saturated rings. The molecule has 1 unspecified atom stereocenters. The Morgan fingerprint density at radius 3 is 2.27 bits per heavy atom. The Hall–Kier alpha value is -3.15. The highest BCUT2D eigenvalue weighted by Crippen LogP contribution is 2.24. The van der Waals surface area contributed by atoms with Gasteiger partial charge in [0.25, 0.3) is 11.8 Å². The molecule has 0 saturated carbocycles. The summed E-state index contributed by atoms with van der Waals surface area (Å²) >= 11 is 0. The number of amides is 4. The van der Waals surface area contributed by atoms with Gasteiger partial charge in [0, 0.05) is 18.7 Å². The van der Waals surface area contributed by atoms with Gasteiger partial charge in [0.2, 0.25) is 0 Å². The summed E-state index contributed by atoms with van der Waals surface area (Å²) in [6.45, 7) is 1.31. The first-order chi connectivity index (χ1) is 12.6. The molecule has 0 bridgehead atoms. The van der Waals surface area contributed by atoms with Gasteiger partial charge in [-0.2, -0.15) is 0 Å². The number of benzene rings is 2. The third kappa shape index (κ3) is 2.83. The monoisotopic (exact) mass is 349 g/mol. The molecule has 2 aliphatic rings. The Labute approximate surface area is 151 Å². The maximum Gasteiger partial charge on any atom is 0.327 e. The molecule has 0 aliphatic carbocycles. The van der Waals surface area contributed by atoms with E-state index in [1.165, 1.54) is 4.90 Å². The smallest absolute Gasteiger partial charge is 0.327 e. The highest BCUT2D eigenvalue weighted by molar-refractivity contribution is 6.05. The molecule has 2 saturated heterocycles. The molecule has 2 aromatic carbocycles. The minimum atomic E-state index is -0.590. The molecule has 2 aromatic rings. The van der Waals surface area contributed by atoms with E-state index in [4.69, 9.17) is 0 Å². The minimum absolute atomic E-state index is 0.105. The third-order valence-electron chi connectivity index (χ3n) is 4.90. The van der Waals surface area contributed by atoms with Gasteiger partial charge in [0.1, 0.15) is 6.04 Å². The van der Waals surface area contributed by atoms with Crippen molar-refractivity contribution in [3.63, 3.8) is 0 Å². The normalized spacial score (nSPS) is 19.7. The fraction of sp³-hybridized carbons (Fsp3) is 0.250. The number of hydrogen-bond donors (Lipinski definition) is 0. The van der Waals surface area contributed by atoms with E-state index < -0.39 is 6.04 Å². The van der Waals surface area contributed by atoms with E-state index in [2.05, 4.69) is 0 Å². The van der Waals surface area contributed by atoms with Crippen molar-refractivity contribution in [2.24, 2.45) is 0 Å². The Bertz CT molecular complexity index is 838. The van der Waals surface area contributed by atoms with Gasteiger partial charge >= 0.3 is 6.03 Å². The first-order valence-corrected chi connectivity index (χ1v) is 8.65. The van der Waals surface area contributed by atoms with E-state index in [9.17, 15) is 14.4 Å². The molecule has 0 radical (unpaired) electrons. The van der Waals surface area contributed by atoms with E-state index in [1.54, 1.807) is 21.9 Å². The van der Waals surface area contributed by atoms with E-state index in [0.29, 0.717) is 18.7 Å². The van der Waals surface area contributed by atoms with Crippen LogP contribution in [0.3, 0.4) is 0 Å². The Kier molecular flexibility index (Phi) is 4.16. The lowest BCUT2D eigenvalue weighted by molar-refractivity contribution is -0.129. The summed E-state index contributed by atoms with van der Waals surface area (Å²) in [5.74, 6) is -0.337. The van der Waals surface area contributed by atoms with Gasteiger partial charge in [-0.15, -0.1) is 0 Å². The van der Waals surface area contributed by atoms with Crippen LogP contribution in [0.5, 0.6) is 0 Å². The molecule has 0 aromatic heterocycles. The molecular weight excluding hydrogens is 330 g/mol. The van der Waals surface area contributed by atoms with Crippen LogP contribution in [0.15, 0.2) is 60.7 Å². The molecule has 26 heavy (non-hydrogen) atoms. The van der Waals surface area contributed by atoms with Crippen molar-refractivity contribution in [2.75, 3.05) is 19.6 Å². The van der Waals surface area contributed by atoms with Gasteiger partial charge in [0.05, 0.1) is 13.1 Å². The SMILES string of the molecule is O=C(c1ccccc1)N1CCN2C(=O)N(Cc3ccccc3)C(=O)C2C1. The average molecular weight is 349 g/mol. The van der Waals surface area contributed by atoms with Gasteiger partial charge in [0.15, 0.2) is 0 Å². The van der Waals surface area contributed by atoms with Crippen LogP contribution in [-0.2, 0) is 11.3 Å². The van der Waals surface area contributed by atoms with Crippen molar-refractivity contribution in [2.45, 2.75) is 12.6 Å². The fourth-order valence-corrected chi connectivity index (χ4v) is 3.51. The summed E-state index contributed by atoms with van der Waals surface area (Å²) in [6.07, 6.45) is 0. The van der Waals surface area contributed by atoms with Crippen molar-refractivity contribution < 1.29 is 14.4 Å². The number of imide groups is 1. The molecule has 0 N–H and O–H groups in total. The van der Waals surface area contributed by atoms with Crippen molar-refractivity contribution in [1.82, 2.24) is 14.7 Å². The van der Waals surface area contributed by atoms with E-state index in [-0.39, 0.29) is 30.9 Å². The number of carbonyl (C=O) groups excluding carboxylic acids is 3. The molecule has 6 heteroatoms. The quantitative estimate of drug-likeness (QED) is 0.796. The molecule has 132 valence electrons. The molecular formula is C20H19N3O3. The Morgan fingerprint density at radius 1 is 0.923 bits per heavy atom. The van der Waals surface area contributed by atoms with Crippen LogP contribution in [0.4, 0.5) is 4.79 Å². The van der Waals surface area contributed by atoms with Crippen LogP contribution in [0.25, 0.3) is 0 Å². The maximum absolute atomic E-state index is 12.8. The van der Waals surface area contributed by atoms with Gasteiger partial charge in [-0.05, 0) is 17.7 Å². The molecule has 2 aliphatic heterocycles. The number of fused-ring (bicyclic) bond motifs is 1. The molecule has 2 heterocycles. The van der Waals surface area contributed by atoms with Gasteiger partial charge in [-0.25, -0.2) is 4.79 Å². The van der Waals surface area contributed by atoms with Crippen molar-refractivity contribution in [3.8, 4) is 0 Å². The van der Waals surface area contributed by atoms with E-state index in [0.717, 1.165) is 5.56 Å². The standard InChI is InChI=1S/C20H19N3O3/c24-18(16-9-5-2-6-10-16)21-11-12-22-17(14-21)19(25)23(20(22)26)13-15-7-3-1-4-8-15/h1-10,17H,11-14H2.